The van der Waals surface area contributed by atoms with Gasteiger partial charge < -0.3 is 19.1 Å². The Hall–Kier alpha value is -3.16. The minimum Gasteiger partial charge on any atom is -0.497 e. The molecule has 0 spiro atoms. The van der Waals surface area contributed by atoms with E-state index in [2.05, 4.69) is 4.98 Å². The molecule has 3 rings (SSSR count). The number of ether oxygens (including phenoxy) is 3. The number of hydrogen-bond acceptors (Lipinski definition) is 7. The van der Waals surface area contributed by atoms with Gasteiger partial charge in [-0.2, -0.15) is 0 Å². The predicted octanol–water partition coefficient (Wildman–Crippen LogP) is 4.25. The lowest BCUT2D eigenvalue weighted by Crippen LogP contribution is -2.48. The molecule has 2 atom stereocenters. The van der Waals surface area contributed by atoms with Gasteiger partial charge in [-0.15, -0.1) is 0 Å². The van der Waals surface area contributed by atoms with Crippen LogP contribution in [0.15, 0.2) is 30.5 Å². The van der Waals surface area contributed by atoms with E-state index in [0.29, 0.717) is 30.7 Å². The zero-order valence-electron chi connectivity index (χ0n) is 19.9. The normalized spacial score (nSPS) is 18.6. The molecule has 1 aromatic carbocycles. The van der Waals surface area contributed by atoms with E-state index in [1.54, 1.807) is 45.0 Å². The molecular formula is C25H32N2O6. The molecule has 1 aromatic heterocycles. The average Bonchev–Trinajstić information content (AvgIpc) is 2.79. The lowest BCUT2D eigenvalue weighted by Gasteiger charge is -2.37. The van der Waals surface area contributed by atoms with Crippen LogP contribution in [0.3, 0.4) is 0 Å². The van der Waals surface area contributed by atoms with Crippen molar-refractivity contribution >= 4 is 28.7 Å². The fourth-order valence-electron chi connectivity index (χ4n) is 4.20. The Kier molecular flexibility index (Phi) is 7.56. The van der Waals surface area contributed by atoms with E-state index in [-0.39, 0.29) is 30.6 Å². The van der Waals surface area contributed by atoms with Crippen molar-refractivity contribution in [2.75, 3.05) is 27.3 Å². The number of aromatic nitrogens is 1. The fourth-order valence-corrected chi connectivity index (χ4v) is 4.20. The summed E-state index contributed by atoms with van der Waals surface area (Å²) in [4.78, 5) is 44.0. The highest BCUT2D eigenvalue weighted by Gasteiger charge is 2.38. The summed E-state index contributed by atoms with van der Waals surface area (Å²) in [6.45, 7) is 6.10. The Bertz CT molecular complexity index is 1030. The summed E-state index contributed by atoms with van der Waals surface area (Å²) in [5.74, 6) is -0.306. The zero-order chi connectivity index (χ0) is 24.2. The topological polar surface area (TPSA) is 95.0 Å². The second-order valence-corrected chi connectivity index (χ2v) is 9.31. The highest BCUT2D eigenvalue weighted by molar-refractivity contribution is 6.07. The number of benzene rings is 1. The first-order valence-electron chi connectivity index (χ1n) is 11.1. The molecule has 1 saturated heterocycles. The largest absolute Gasteiger partial charge is 0.497 e. The molecule has 1 amide bonds. The highest BCUT2D eigenvalue weighted by Crippen LogP contribution is 2.31. The van der Waals surface area contributed by atoms with Crippen LogP contribution >= 0.6 is 0 Å². The number of ketones is 1. The Morgan fingerprint density at radius 3 is 2.58 bits per heavy atom. The van der Waals surface area contributed by atoms with Gasteiger partial charge in [0.05, 0.1) is 25.7 Å². The summed E-state index contributed by atoms with van der Waals surface area (Å²) < 4.78 is 15.7. The van der Waals surface area contributed by atoms with Crippen molar-refractivity contribution in [3.05, 3.63) is 36.0 Å². The maximum absolute atomic E-state index is 13.1. The van der Waals surface area contributed by atoms with Crippen molar-refractivity contribution in [3.8, 4) is 5.75 Å². The lowest BCUT2D eigenvalue weighted by molar-refractivity contribution is -0.149. The van der Waals surface area contributed by atoms with Gasteiger partial charge in [0.1, 0.15) is 11.4 Å². The van der Waals surface area contributed by atoms with E-state index in [9.17, 15) is 14.4 Å². The Labute approximate surface area is 194 Å². The molecule has 8 heteroatoms. The summed E-state index contributed by atoms with van der Waals surface area (Å²) in [6.07, 6.45) is 2.58. The standard InChI is InChI=1S/C25H32N2O6/c1-25(2,3)33-24(30)27-13-11-16(20(15-27)23(29)32-5)6-9-22(28)18-10-12-26-21-8-7-17(31-4)14-19(18)21/h7-8,10,12,14,16,20H,6,9,11,13,15H2,1-5H3/t16-,20+/m1/s1. The number of likely N-dealkylation sites (tertiary alicyclic amines) is 1. The van der Waals surface area contributed by atoms with Gasteiger partial charge in [0.25, 0.3) is 0 Å². The molecule has 0 radical (unpaired) electrons. The van der Waals surface area contributed by atoms with Crippen LogP contribution in [-0.2, 0) is 14.3 Å². The number of methoxy groups -OCH3 is 2. The first kappa shape index (κ1) is 24.5. The molecule has 0 bridgehead atoms. The molecule has 178 valence electrons. The van der Waals surface area contributed by atoms with Crippen molar-refractivity contribution in [3.63, 3.8) is 0 Å². The number of nitrogens with zero attached hydrogens (tertiary/aromatic N) is 2. The lowest BCUT2D eigenvalue weighted by atomic mass is 9.81. The smallest absolute Gasteiger partial charge is 0.410 e. The molecule has 2 heterocycles. The number of Topliss-reactive ketones (excluding diaryl/α,β-unsaturated/α-hetero) is 1. The number of amides is 1. The molecule has 0 unspecified atom stereocenters. The Balaban J connectivity index is 1.71. The van der Waals surface area contributed by atoms with Gasteiger partial charge in [0, 0.05) is 36.7 Å². The quantitative estimate of drug-likeness (QED) is 0.474. The Morgan fingerprint density at radius 1 is 1.15 bits per heavy atom. The molecule has 33 heavy (non-hydrogen) atoms. The number of carbonyl (C=O) groups excluding carboxylic acids is 3. The minimum absolute atomic E-state index is 0.0196. The fraction of sp³-hybridized carbons (Fsp3) is 0.520. The highest BCUT2D eigenvalue weighted by atomic mass is 16.6. The average molecular weight is 457 g/mol. The van der Waals surface area contributed by atoms with E-state index in [1.807, 2.05) is 18.2 Å². The third-order valence-electron chi connectivity index (χ3n) is 5.90. The molecule has 0 N–H and O–H groups in total. The zero-order valence-corrected chi connectivity index (χ0v) is 19.9. The SMILES string of the molecule is COC(=O)[C@H]1CN(C(=O)OC(C)(C)C)CC[C@H]1CCC(=O)c1ccnc2ccc(OC)cc12. The number of esters is 1. The summed E-state index contributed by atoms with van der Waals surface area (Å²) in [5, 5.41) is 0.742. The number of hydrogen-bond donors (Lipinski definition) is 0. The van der Waals surface area contributed by atoms with E-state index in [0.717, 1.165) is 10.9 Å². The van der Waals surface area contributed by atoms with Crippen LogP contribution in [0.25, 0.3) is 10.9 Å². The van der Waals surface area contributed by atoms with Gasteiger partial charge in [-0.1, -0.05) is 0 Å². The number of rotatable bonds is 6. The molecule has 1 aliphatic rings. The number of piperidine rings is 1. The van der Waals surface area contributed by atoms with Gasteiger partial charge in [-0.05, 0) is 63.8 Å². The molecule has 2 aromatic rings. The van der Waals surface area contributed by atoms with Crippen LogP contribution in [0.5, 0.6) is 5.75 Å². The first-order valence-corrected chi connectivity index (χ1v) is 11.1. The third-order valence-corrected chi connectivity index (χ3v) is 5.90. The Morgan fingerprint density at radius 2 is 1.91 bits per heavy atom. The van der Waals surface area contributed by atoms with Crippen molar-refractivity contribution in [2.45, 2.75) is 45.6 Å². The number of carbonyl (C=O) groups is 3. The maximum atomic E-state index is 13.1. The monoisotopic (exact) mass is 456 g/mol. The van der Waals surface area contributed by atoms with Crippen molar-refractivity contribution < 1.29 is 28.6 Å². The number of pyridine rings is 1. The van der Waals surface area contributed by atoms with Crippen molar-refractivity contribution in [1.29, 1.82) is 0 Å². The summed E-state index contributed by atoms with van der Waals surface area (Å²) in [7, 11) is 2.92. The molecule has 1 aliphatic heterocycles. The van der Waals surface area contributed by atoms with Gasteiger partial charge in [0.15, 0.2) is 5.78 Å². The molecule has 1 fully saturated rings. The first-order chi connectivity index (χ1) is 15.6. The predicted molar refractivity (Wildman–Crippen MR) is 123 cm³/mol. The van der Waals surface area contributed by atoms with Gasteiger partial charge >= 0.3 is 12.1 Å². The summed E-state index contributed by atoms with van der Waals surface area (Å²) in [5.41, 5.74) is 0.691. The van der Waals surface area contributed by atoms with E-state index < -0.39 is 17.6 Å². The van der Waals surface area contributed by atoms with E-state index in [4.69, 9.17) is 14.2 Å². The molecule has 8 nitrogen and oxygen atoms in total. The van der Waals surface area contributed by atoms with E-state index in [1.165, 1.54) is 7.11 Å². The van der Waals surface area contributed by atoms with Gasteiger partial charge in [-0.3, -0.25) is 14.6 Å². The van der Waals surface area contributed by atoms with Crippen LogP contribution in [0.4, 0.5) is 4.79 Å². The maximum Gasteiger partial charge on any atom is 0.410 e. The van der Waals surface area contributed by atoms with Crippen molar-refractivity contribution in [2.24, 2.45) is 11.8 Å². The minimum atomic E-state index is -0.614. The van der Waals surface area contributed by atoms with E-state index >= 15 is 0 Å². The summed E-state index contributed by atoms with van der Waals surface area (Å²) >= 11 is 0. The molecular weight excluding hydrogens is 424 g/mol. The second kappa shape index (κ2) is 10.2. The number of fused-ring (bicyclic) bond motifs is 1. The van der Waals surface area contributed by atoms with Crippen LogP contribution in [0.2, 0.25) is 0 Å². The van der Waals surface area contributed by atoms with Crippen LogP contribution in [0, 0.1) is 11.8 Å². The van der Waals surface area contributed by atoms with Gasteiger partial charge in [0.2, 0.25) is 0 Å². The molecule has 0 saturated carbocycles. The summed E-state index contributed by atoms with van der Waals surface area (Å²) in [6, 6.07) is 7.16. The van der Waals surface area contributed by atoms with Crippen LogP contribution in [-0.4, -0.2) is 60.6 Å². The second-order valence-electron chi connectivity index (χ2n) is 9.31. The van der Waals surface area contributed by atoms with Crippen LogP contribution < -0.4 is 4.74 Å². The van der Waals surface area contributed by atoms with Gasteiger partial charge in [-0.25, -0.2) is 4.79 Å². The molecule has 0 aliphatic carbocycles. The third kappa shape index (κ3) is 6.00. The van der Waals surface area contributed by atoms with Crippen LogP contribution in [0.1, 0.15) is 50.4 Å². The van der Waals surface area contributed by atoms with Crippen molar-refractivity contribution in [1.82, 2.24) is 9.88 Å².